The molecule has 74 valence electrons. The summed E-state index contributed by atoms with van der Waals surface area (Å²) >= 11 is 0. The van der Waals surface area contributed by atoms with Crippen molar-refractivity contribution in [2.45, 2.75) is 13.3 Å². The lowest BCUT2D eigenvalue weighted by atomic mass is 10.3. The molecule has 2 aromatic heterocycles. The fourth-order valence-electron chi connectivity index (χ4n) is 1.04. The first-order chi connectivity index (χ1) is 6.90. The third-order valence-corrected chi connectivity index (χ3v) is 1.73. The predicted molar refractivity (Wildman–Crippen MR) is 50.8 cm³/mol. The van der Waals surface area contributed by atoms with Crippen molar-refractivity contribution in [1.82, 2.24) is 10.1 Å². The molecule has 14 heavy (non-hydrogen) atoms. The Bertz CT molecular complexity index is 380. The topological polar surface area (TPSA) is 64.1 Å². The fourth-order valence-corrected chi connectivity index (χ4v) is 1.04. The van der Waals surface area contributed by atoms with Gasteiger partial charge in [0.1, 0.15) is 6.26 Å². The number of rotatable bonds is 4. The number of anilines is 1. The number of furan rings is 1. The van der Waals surface area contributed by atoms with Gasteiger partial charge in [0.25, 0.3) is 0 Å². The molecule has 5 nitrogen and oxygen atoms in total. The summed E-state index contributed by atoms with van der Waals surface area (Å²) in [4.78, 5) is 4.14. The number of nitrogens with one attached hydrogen (secondary N) is 1. The first kappa shape index (κ1) is 8.80. The van der Waals surface area contributed by atoms with Crippen LogP contribution in [0.25, 0.3) is 11.4 Å². The van der Waals surface area contributed by atoms with E-state index in [1.807, 2.05) is 0 Å². The van der Waals surface area contributed by atoms with Gasteiger partial charge < -0.3 is 14.3 Å². The van der Waals surface area contributed by atoms with Gasteiger partial charge in [-0.25, -0.2) is 0 Å². The molecule has 0 atom stereocenters. The van der Waals surface area contributed by atoms with Gasteiger partial charge in [-0.3, -0.25) is 0 Å². The Balaban J connectivity index is 2.10. The third kappa shape index (κ3) is 1.76. The van der Waals surface area contributed by atoms with Gasteiger partial charge in [-0.2, -0.15) is 4.98 Å². The lowest BCUT2D eigenvalue weighted by Gasteiger charge is -1.93. The summed E-state index contributed by atoms with van der Waals surface area (Å²) in [6, 6.07) is 2.23. The van der Waals surface area contributed by atoms with Gasteiger partial charge in [0.2, 0.25) is 5.82 Å². The molecule has 2 rings (SSSR count). The molecule has 2 heterocycles. The van der Waals surface area contributed by atoms with Crippen LogP contribution in [0, 0.1) is 0 Å². The Kier molecular flexibility index (Phi) is 2.48. The van der Waals surface area contributed by atoms with Crippen molar-refractivity contribution in [2.75, 3.05) is 11.9 Å². The highest BCUT2D eigenvalue weighted by molar-refractivity contribution is 5.52. The summed E-state index contributed by atoms with van der Waals surface area (Å²) in [5.74, 6) is 0.539. The lowest BCUT2D eigenvalue weighted by molar-refractivity contribution is 0.432. The van der Waals surface area contributed by atoms with E-state index in [0.29, 0.717) is 11.8 Å². The number of nitrogens with zero attached hydrogens (tertiary/aromatic N) is 2. The molecule has 0 aliphatic rings. The SMILES string of the molecule is CCCNc1nc(-c2ccoc2)no1. The molecule has 0 saturated carbocycles. The van der Waals surface area contributed by atoms with Gasteiger partial charge in [-0.05, 0) is 12.5 Å². The van der Waals surface area contributed by atoms with E-state index >= 15 is 0 Å². The van der Waals surface area contributed by atoms with Crippen molar-refractivity contribution < 1.29 is 8.94 Å². The van der Waals surface area contributed by atoms with Crippen molar-refractivity contribution in [3.05, 3.63) is 18.6 Å². The van der Waals surface area contributed by atoms with Gasteiger partial charge in [-0.1, -0.05) is 12.1 Å². The van der Waals surface area contributed by atoms with Crippen LogP contribution in [0.1, 0.15) is 13.3 Å². The maximum absolute atomic E-state index is 4.98. The minimum Gasteiger partial charge on any atom is -0.472 e. The van der Waals surface area contributed by atoms with E-state index in [1.54, 1.807) is 18.6 Å². The van der Waals surface area contributed by atoms with Crippen LogP contribution >= 0.6 is 0 Å². The average Bonchev–Trinajstić information content (AvgIpc) is 2.85. The smallest absolute Gasteiger partial charge is 0.321 e. The largest absolute Gasteiger partial charge is 0.472 e. The molecule has 0 bridgehead atoms. The normalized spacial score (nSPS) is 10.4. The van der Waals surface area contributed by atoms with Crippen molar-refractivity contribution in [2.24, 2.45) is 0 Å². The van der Waals surface area contributed by atoms with Gasteiger partial charge in [-0.15, -0.1) is 0 Å². The minimum atomic E-state index is 0.447. The fraction of sp³-hybridized carbons (Fsp3) is 0.333. The molecule has 0 aliphatic carbocycles. The second kappa shape index (κ2) is 3.95. The Hall–Kier alpha value is -1.78. The van der Waals surface area contributed by atoms with Crippen LogP contribution in [0.2, 0.25) is 0 Å². The Morgan fingerprint density at radius 2 is 2.43 bits per heavy atom. The average molecular weight is 193 g/mol. The lowest BCUT2D eigenvalue weighted by Crippen LogP contribution is -1.99. The van der Waals surface area contributed by atoms with E-state index in [1.165, 1.54) is 0 Å². The van der Waals surface area contributed by atoms with E-state index in [0.717, 1.165) is 18.5 Å². The van der Waals surface area contributed by atoms with E-state index in [-0.39, 0.29) is 0 Å². The van der Waals surface area contributed by atoms with E-state index in [4.69, 9.17) is 8.94 Å². The molecule has 0 aliphatic heterocycles. The molecule has 0 radical (unpaired) electrons. The first-order valence-corrected chi connectivity index (χ1v) is 4.50. The van der Waals surface area contributed by atoms with E-state index in [9.17, 15) is 0 Å². The summed E-state index contributed by atoms with van der Waals surface area (Å²) in [5.41, 5.74) is 0.818. The molecule has 0 unspecified atom stereocenters. The standard InChI is InChI=1S/C9H11N3O2/c1-2-4-10-9-11-8(12-14-9)7-3-5-13-6-7/h3,5-6H,2,4H2,1H3,(H,10,11,12). The van der Waals surface area contributed by atoms with E-state index < -0.39 is 0 Å². The Morgan fingerprint density at radius 3 is 3.14 bits per heavy atom. The van der Waals surface area contributed by atoms with Crippen LogP contribution in [0.5, 0.6) is 0 Å². The molecule has 2 aromatic rings. The van der Waals surface area contributed by atoms with Gasteiger partial charge in [0.15, 0.2) is 0 Å². The molecule has 0 fully saturated rings. The van der Waals surface area contributed by atoms with Crippen LogP contribution in [0.4, 0.5) is 6.01 Å². The van der Waals surface area contributed by atoms with Crippen LogP contribution in [0.3, 0.4) is 0 Å². The highest BCUT2D eigenvalue weighted by Gasteiger charge is 2.08. The summed E-state index contributed by atoms with van der Waals surface area (Å²) in [7, 11) is 0. The minimum absolute atomic E-state index is 0.447. The highest BCUT2D eigenvalue weighted by Crippen LogP contribution is 2.17. The van der Waals surface area contributed by atoms with Crippen molar-refractivity contribution >= 4 is 6.01 Å². The monoisotopic (exact) mass is 193 g/mol. The summed E-state index contributed by atoms with van der Waals surface area (Å²) < 4.78 is 9.89. The molecular weight excluding hydrogens is 182 g/mol. The second-order valence-electron chi connectivity index (χ2n) is 2.86. The highest BCUT2D eigenvalue weighted by atomic mass is 16.5. The molecule has 0 spiro atoms. The number of aromatic nitrogens is 2. The summed E-state index contributed by atoms with van der Waals surface area (Å²) in [6.07, 6.45) is 4.17. The van der Waals surface area contributed by atoms with Gasteiger partial charge in [0, 0.05) is 6.54 Å². The Morgan fingerprint density at radius 1 is 1.50 bits per heavy atom. The predicted octanol–water partition coefficient (Wildman–Crippen LogP) is 2.15. The van der Waals surface area contributed by atoms with Crippen molar-refractivity contribution in [3.8, 4) is 11.4 Å². The number of hydrogen-bond acceptors (Lipinski definition) is 5. The van der Waals surface area contributed by atoms with Crippen molar-refractivity contribution in [3.63, 3.8) is 0 Å². The van der Waals surface area contributed by atoms with Crippen LogP contribution < -0.4 is 5.32 Å². The van der Waals surface area contributed by atoms with Crippen LogP contribution in [0.15, 0.2) is 27.5 Å². The summed E-state index contributed by atoms with van der Waals surface area (Å²) in [5, 5.41) is 6.81. The summed E-state index contributed by atoms with van der Waals surface area (Å²) in [6.45, 7) is 2.90. The zero-order chi connectivity index (χ0) is 9.80. The van der Waals surface area contributed by atoms with Gasteiger partial charge in [0.05, 0.1) is 11.8 Å². The molecule has 1 N–H and O–H groups in total. The molecule has 0 saturated heterocycles. The molecule has 0 amide bonds. The van der Waals surface area contributed by atoms with Crippen LogP contribution in [-0.2, 0) is 0 Å². The van der Waals surface area contributed by atoms with Crippen LogP contribution in [-0.4, -0.2) is 16.7 Å². The second-order valence-corrected chi connectivity index (χ2v) is 2.86. The first-order valence-electron chi connectivity index (χ1n) is 4.50. The molecule has 5 heteroatoms. The Labute approximate surface area is 81.1 Å². The maximum atomic E-state index is 4.98. The third-order valence-electron chi connectivity index (χ3n) is 1.73. The quantitative estimate of drug-likeness (QED) is 0.805. The van der Waals surface area contributed by atoms with E-state index in [2.05, 4.69) is 22.4 Å². The number of hydrogen-bond donors (Lipinski definition) is 1. The van der Waals surface area contributed by atoms with Crippen molar-refractivity contribution in [1.29, 1.82) is 0 Å². The molecule has 0 aromatic carbocycles. The zero-order valence-corrected chi connectivity index (χ0v) is 7.86. The molecular formula is C9H11N3O2. The zero-order valence-electron chi connectivity index (χ0n) is 7.86. The maximum Gasteiger partial charge on any atom is 0.321 e. The van der Waals surface area contributed by atoms with Gasteiger partial charge >= 0.3 is 6.01 Å².